The average Bonchev–Trinajstić information content (AvgIpc) is 2.75. The zero-order chi connectivity index (χ0) is 21.3. The van der Waals surface area contributed by atoms with Crippen LogP contribution >= 0.6 is 23.2 Å². The molecule has 0 bridgehead atoms. The van der Waals surface area contributed by atoms with Gasteiger partial charge < -0.3 is 9.47 Å². The fourth-order valence-corrected chi connectivity index (χ4v) is 3.01. The van der Waals surface area contributed by atoms with Crippen molar-refractivity contribution in [2.45, 2.75) is 13.5 Å². The Morgan fingerprint density at radius 1 is 0.967 bits per heavy atom. The van der Waals surface area contributed by atoms with E-state index in [1.165, 1.54) is 0 Å². The van der Waals surface area contributed by atoms with E-state index in [0.717, 1.165) is 16.9 Å². The quantitative estimate of drug-likeness (QED) is 0.357. The second-order valence-corrected chi connectivity index (χ2v) is 7.09. The fourth-order valence-electron chi connectivity index (χ4n) is 2.55. The monoisotopic (exact) mass is 442 g/mol. The Kier molecular flexibility index (Phi) is 7.71. The Hall–Kier alpha value is -3.02. The molecule has 0 heterocycles. The van der Waals surface area contributed by atoms with Crippen molar-refractivity contribution < 1.29 is 14.3 Å². The SMILES string of the molecule is CCOc1ccc(/C=N\NC(=O)c2ccc(OCc3ccc(Cl)cc3Cl)cc2)cc1. The lowest BCUT2D eigenvalue weighted by Gasteiger charge is -2.08. The van der Waals surface area contributed by atoms with E-state index in [0.29, 0.717) is 34.6 Å². The number of halogens is 2. The van der Waals surface area contributed by atoms with Crippen LogP contribution in [0, 0.1) is 0 Å². The highest BCUT2D eigenvalue weighted by molar-refractivity contribution is 6.35. The van der Waals surface area contributed by atoms with Crippen LogP contribution in [0.5, 0.6) is 11.5 Å². The molecule has 7 heteroatoms. The highest BCUT2D eigenvalue weighted by Gasteiger charge is 2.06. The van der Waals surface area contributed by atoms with Crippen LogP contribution < -0.4 is 14.9 Å². The molecule has 0 aromatic heterocycles. The summed E-state index contributed by atoms with van der Waals surface area (Å²) in [6.07, 6.45) is 1.57. The van der Waals surface area contributed by atoms with Crippen molar-refractivity contribution in [3.8, 4) is 11.5 Å². The summed E-state index contributed by atoms with van der Waals surface area (Å²) in [5.74, 6) is 1.10. The average molecular weight is 443 g/mol. The normalized spacial score (nSPS) is 10.8. The molecule has 0 aliphatic rings. The summed E-state index contributed by atoms with van der Waals surface area (Å²) in [5.41, 5.74) is 4.65. The number of nitrogens with zero attached hydrogens (tertiary/aromatic N) is 1. The van der Waals surface area contributed by atoms with Crippen molar-refractivity contribution in [2.75, 3.05) is 6.61 Å². The van der Waals surface area contributed by atoms with Gasteiger partial charge in [-0.3, -0.25) is 4.79 Å². The van der Waals surface area contributed by atoms with E-state index in [1.807, 2.05) is 37.3 Å². The Labute approximate surface area is 185 Å². The Morgan fingerprint density at radius 2 is 1.63 bits per heavy atom. The lowest BCUT2D eigenvalue weighted by atomic mass is 10.2. The summed E-state index contributed by atoms with van der Waals surface area (Å²) in [5, 5.41) is 5.11. The van der Waals surface area contributed by atoms with Crippen molar-refractivity contribution in [1.82, 2.24) is 5.43 Å². The van der Waals surface area contributed by atoms with Crippen LogP contribution in [0.25, 0.3) is 0 Å². The van der Waals surface area contributed by atoms with Crippen LogP contribution in [0.2, 0.25) is 10.0 Å². The van der Waals surface area contributed by atoms with Gasteiger partial charge in [0, 0.05) is 21.2 Å². The highest BCUT2D eigenvalue weighted by Crippen LogP contribution is 2.23. The number of carbonyl (C=O) groups is 1. The molecule has 154 valence electrons. The summed E-state index contributed by atoms with van der Waals surface area (Å²) in [4.78, 5) is 12.2. The fraction of sp³-hybridized carbons (Fsp3) is 0.130. The van der Waals surface area contributed by atoms with Crippen molar-refractivity contribution in [3.05, 3.63) is 93.5 Å². The van der Waals surface area contributed by atoms with E-state index in [4.69, 9.17) is 32.7 Å². The zero-order valence-electron chi connectivity index (χ0n) is 16.3. The maximum Gasteiger partial charge on any atom is 0.271 e. The number of amides is 1. The van der Waals surface area contributed by atoms with E-state index in [1.54, 1.807) is 42.6 Å². The topological polar surface area (TPSA) is 59.9 Å². The molecule has 0 fully saturated rings. The molecule has 0 radical (unpaired) electrons. The molecule has 3 rings (SSSR count). The van der Waals surface area contributed by atoms with Crippen LogP contribution in [0.4, 0.5) is 0 Å². The van der Waals surface area contributed by atoms with E-state index < -0.39 is 0 Å². The molecule has 1 N–H and O–H groups in total. The minimum atomic E-state index is -0.315. The van der Waals surface area contributed by atoms with Crippen molar-refractivity contribution in [1.29, 1.82) is 0 Å². The van der Waals surface area contributed by atoms with Crippen molar-refractivity contribution >= 4 is 35.3 Å². The van der Waals surface area contributed by atoms with Gasteiger partial charge in [0.15, 0.2) is 0 Å². The molecular weight excluding hydrogens is 423 g/mol. The predicted molar refractivity (Wildman–Crippen MR) is 120 cm³/mol. The van der Waals surface area contributed by atoms with Crippen molar-refractivity contribution in [3.63, 3.8) is 0 Å². The third-order valence-electron chi connectivity index (χ3n) is 4.10. The first kappa shape index (κ1) is 21.7. The molecular formula is C23H20Cl2N2O3. The molecule has 0 saturated carbocycles. The van der Waals surface area contributed by atoms with Crippen molar-refractivity contribution in [2.24, 2.45) is 5.10 Å². The van der Waals surface area contributed by atoms with Crippen LogP contribution in [-0.4, -0.2) is 18.7 Å². The number of rotatable bonds is 8. The van der Waals surface area contributed by atoms with E-state index in [-0.39, 0.29) is 5.91 Å². The molecule has 0 unspecified atom stereocenters. The third kappa shape index (κ3) is 6.24. The van der Waals surface area contributed by atoms with Gasteiger partial charge in [-0.05, 0) is 73.2 Å². The number of nitrogens with one attached hydrogen (secondary N) is 1. The highest BCUT2D eigenvalue weighted by atomic mass is 35.5. The summed E-state index contributed by atoms with van der Waals surface area (Å²) in [7, 11) is 0. The molecule has 0 aliphatic heterocycles. The predicted octanol–water partition coefficient (Wildman–Crippen LogP) is 5.74. The summed E-state index contributed by atoms with van der Waals surface area (Å²) >= 11 is 12.0. The molecule has 1 amide bonds. The minimum Gasteiger partial charge on any atom is -0.494 e. The van der Waals surface area contributed by atoms with Gasteiger partial charge in [-0.15, -0.1) is 0 Å². The lowest BCUT2D eigenvalue weighted by Crippen LogP contribution is -2.17. The van der Waals surface area contributed by atoms with Gasteiger partial charge in [-0.2, -0.15) is 5.10 Å². The third-order valence-corrected chi connectivity index (χ3v) is 4.68. The maximum absolute atomic E-state index is 12.2. The van der Waals surface area contributed by atoms with E-state index in [2.05, 4.69) is 10.5 Å². The van der Waals surface area contributed by atoms with Gasteiger partial charge in [0.05, 0.1) is 12.8 Å². The lowest BCUT2D eigenvalue weighted by molar-refractivity contribution is 0.0955. The first-order chi connectivity index (χ1) is 14.5. The van der Waals surface area contributed by atoms with Gasteiger partial charge in [0.25, 0.3) is 5.91 Å². The number of hydrazone groups is 1. The largest absolute Gasteiger partial charge is 0.494 e. The van der Waals surface area contributed by atoms with Crippen LogP contribution in [0.1, 0.15) is 28.4 Å². The summed E-state index contributed by atoms with van der Waals surface area (Å²) in [6.45, 7) is 2.84. The number of benzene rings is 3. The van der Waals surface area contributed by atoms with Gasteiger partial charge in [0.1, 0.15) is 18.1 Å². The molecule has 0 saturated heterocycles. The molecule has 3 aromatic rings. The summed E-state index contributed by atoms with van der Waals surface area (Å²) < 4.78 is 11.1. The number of ether oxygens (including phenoxy) is 2. The standard InChI is InChI=1S/C23H20Cl2N2O3/c1-2-29-20-9-3-16(4-10-20)14-26-27-23(28)17-6-11-21(12-7-17)30-15-18-5-8-19(24)13-22(18)25/h3-14H,2,15H2,1H3,(H,27,28)/b26-14-. The van der Waals surface area contributed by atoms with Gasteiger partial charge in [0.2, 0.25) is 0 Å². The van der Waals surface area contributed by atoms with E-state index in [9.17, 15) is 4.79 Å². The molecule has 3 aromatic carbocycles. The van der Waals surface area contributed by atoms with Crippen LogP contribution in [-0.2, 0) is 6.61 Å². The molecule has 5 nitrogen and oxygen atoms in total. The second kappa shape index (κ2) is 10.7. The van der Waals surface area contributed by atoms with Gasteiger partial charge >= 0.3 is 0 Å². The zero-order valence-corrected chi connectivity index (χ0v) is 17.8. The number of hydrogen-bond acceptors (Lipinski definition) is 4. The Morgan fingerprint density at radius 3 is 2.30 bits per heavy atom. The molecule has 30 heavy (non-hydrogen) atoms. The second-order valence-electron chi connectivity index (χ2n) is 6.25. The smallest absolute Gasteiger partial charge is 0.271 e. The number of hydrogen-bond donors (Lipinski definition) is 1. The number of carbonyl (C=O) groups excluding carboxylic acids is 1. The van der Waals surface area contributed by atoms with Gasteiger partial charge in [-0.25, -0.2) is 5.43 Å². The first-order valence-corrected chi connectivity index (χ1v) is 10.0. The van der Waals surface area contributed by atoms with Gasteiger partial charge in [-0.1, -0.05) is 29.3 Å². The Balaban J connectivity index is 1.51. The maximum atomic E-state index is 12.2. The molecule has 0 atom stereocenters. The van der Waals surface area contributed by atoms with E-state index >= 15 is 0 Å². The summed E-state index contributed by atoms with van der Waals surface area (Å²) in [6, 6.07) is 19.4. The Bertz CT molecular complexity index is 1020. The minimum absolute atomic E-state index is 0.300. The molecule has 0 spiro atoms. The molecule has 0 aliphatic carbocycles. The first-order valence-electron chi connectivity index (χ1n) is 9.28. The van der Waals surface area contributed by atoms with Crippen LogP contribution in [0.3, 0.4) is 0 Å². The van der Waals surface area contributed by atoms with Crippen LogP contribution in [0.15, 0.2) is 71.8 Å².